The zero-order chi connectivity index (χ0) is 25.8. The van der Waals surface area contributed by atoms with Crippen molar-refractivity contribution < 1.29 is 14.0 Å². The Labute approximate surface area is 211 Å². The average molecular weight is 497 g/mol. The van der Waals surface area contributed by atoms with Gasteiger partial charge in [0.05, 0.1) is 11.6 Å². The molecule has 0 saturated carbocycles. The van der Waals surface area contributed by atoms with Crippen molar-refractivity contribution in [1.82, 2.24) is 41.2 Å². The fraction of sp³-hybridized carbons (Fsp3) is 0.192. The lowest BCUT2D eigenvalue weighted by molar-refractivity contribution is 0.0931. The van der Waals surface area contributed by atoms with Crippen molar-refractivity contribution in [2.75, 3.05) is 0 Å². The van der Waals surface area contributed by atoms with Crippen LogP contribution in [0.5, 0.6) is 0 Å². The van der Waals surface area contributed by atoms with Gasteiger partial charge >= 0.3 is 0 Å². The van der Waals surface area contributed by atoms with E-state index in [2.05, 4.69) is 53.1 Å². The van der Waals surface area contributed by atoms with Crippen LogP contribution < -0.4 is 10.6 Å². The van der Waals surface area contributed by atoms with Gasteiger partial charge in [-0.1, -0.05) is 24.1 Å². The number of aromatic nitrogens is 6. The number of benzene rings is 2. The van der Waals surface area contributed by atoms with Crippen molar-refractivity contribution in [3.8, 4) is 23.2 Å². The van der Waals surface area contributed by atoms with Crippen LogP contribution >= 0.6 is 0 Å². The summed E-state index contributed by atoms with van der Waals surface area (Å²) in [5, 5.41) is 19.8. The highest BCUT2D eigenvalue weighted by Crippen LogP contribution is 2.33. The Kier molecular flexibility index (Phi) is 6.63. The summed E-state index contributed by atoms with van der Waals surface area (Å²) in [6.45, 7) is 1.77. The maximum Gasteiger partial charge on any atom is 0.270 e. The normalized spacial score (nSPS) is 13.8. The Balaban J connectivity index is 1.24. The Morgan fingerprint density at radius 3 is 2.73 bits per heavy atom. The summed E-state index contributed by atoms with van der Waals surface area (Å²) in [5.74, 6) is 4.55. The fourth-order valence-electron chi connectivity index (χ4n) is 4.21. The van der Waals surface area contributed by atoms with Gasteiger partial charge in [0.2, 0.25) is 5.82 Å². The molecule has 0 fully saturated rings. The molecule has 2 aromatic heterocycles. The van der Waals surface area contributed by atoms with E-state index in [-0.39, 0.29) is 29.5 Å². The third kappa shape index (κ3) is 5.18. The molecule has 0 unspecified atom stereocenters. The monoisotopic (exact) mass is 496 g/mol. The molecule has 0 saturated heterocycles. The molecule has 0 spiro atoms. The van der Waals surface area contributed by atoms with E-state index in [1.54, 1.807) is 19.1 Å². The number of aromatic amines is 1. The van der Waals surface area contributed by atoms with Gasteiger partial charge in [-0.05, 0) is 59.9 Å². The van der Waals surface area contributed by atoms with Crippen molar-refractivity contribution >= 4 is 11.8 Å². The van der Waals surface area contributed by atoms with Crippen LogP contribution in [0.25, 0.3) is 11.4 Å². The van der Waals surface area contributed by atoms with E-state index in [0.29, 0.717) is 11.4 Å². The Hall–Kier alpha value is -4.98. The molecule has 11 heteroatoms. The highest BCUT2D eigenvalue weighted by atomic mass is 19.1. The lowest BCUT2D eigenvalue weighted by Crippen LogP contribution is -2.29. The first kappa shape index (κ1) is 23.7. The minimum Gasteiger partial charge on any atom is -0.347 e. The van der Waals surface area contributed by atoms with Gasteiger partial charge < -0.3 is 10.6 Å². The molecule has 2 aromatic carbocycles. The second-order valence-corrected chi connectivity index (χ2v) is 8.37. The summed E-state index contributed by atoms with van der Waals surface area (Å²) in [6, 6.07) is 11.5. The molecule has 2 heterocycles. The number of halogens is 1. The van der Waals surface area contributed by atoms with Crippen LogP contribution in [0.3, 0.4) is 0 Å². The lowest BCUT2D eigenvalue weighted by atomic mass is 10.0. The summed E-state index contributed by atoms with van der Waals surface area (Å²) < 4.78 is 13.8. The van der Waals surface area contributed by atoms with Gasteiger partial charge in [-0.2, -0.15) is 5.21 Å². The molecule has 0 bridgehead atoms. The van der Waals surface area contributed by atoms with Crippen LogP contribution in [0.2, 0.25) is 0 Å². The number of hydrogen-bond donors (Lipinski definition) is 3. The maximum absolute atomic E-state index is 13.8. The van der Waals surface area contributed by atoms with Gasteiger partial charge in [-0.25, -0.2) is 14.4 Å². The average Bonchev–Trinajstić information content (AvgIpc) is 3.59. The largest absolute Gasteiger partial charge is 0.347 e. The zero-order valence-electron chi connectivity index (χ0n) is 19.7. The molecule has 3 N–H and O–H groups in total. The third-order valence-electron chi connectivity index (χ3n) is 6.01. The zero-order valence-corrected chi connectivity index (χ0v) is 19.7. The smallest absolute Gasteiger partial charge is 0.270 e. The lowest BCUT2D eigenvalue weighted by Gasteiger charge is -2.14. The molecular weight excluding hydrogens is 475 g/mol. The summed E-state index contributed by atoms with van der Waals surface area (Å²) in [6.07, 6.45) is 2.70. The number of nitrogens with zero attached hydrogens (tertiary/aromatic N) is 5. The molecule has 2 amide bonds. The predicted octanol–water partition coefficient (Wildman–Crippen LogP) is 2.51. The van der Waals surface area contributed by atoms with Crippen molar-refractivity contribution in [1.29, 1.82) is 0 Å². The molecule has 1 atom stereocenters. The summed E-state index contributed by atoms with van der Waals surface area (Å²) in [5.41, 5.74) is 4.03. The molecule has 10 nitrogen and oxygen atoms in total. The van der Waals surface area contributed by atoms with E-state index in [4.69, 9.17) is 0 Å². The number of nitrogens with one attached hydrogen (secondary N) is 3. The van der Waals surface area contributed by atoms with Crippen molar-refractivity contribution in [2.24, 2.45) is 0 Å². The van der Waals surface area contributed by atoms with Crippen LogP contribution in [-0.2, 0) is 13.0 Å². The fourth-order valence-corrected chi connectivity index (χ4v) is 4.21. The predicted molar refractivity (Wildman–Crippen MR) is 130 cm³/mol. The summed E-state index contributed by atoms with van der Waals surface area (Å²) >= 11 is 0. The number of tetrazole rings is 1. The third-order valence-corrected chi connectivity index (χ3v) is 6.01. The second-order valence-electron chi connectivity index (χ2n) is 8.37. The number of amides is 2. The molecule has 0 radical (unpaired) electrons. The second kappa shape index (κ2) is 10.3. The standard InChI is InChI=1S/C26H21FN8O2/c1-2-3-17-10-15(4-8-20(17)27)13-28-25(36)22-12-23(30-14-29-22)26(37)31-21-9-6-16-11-18(5-7-19(16)21)24-32-34-35-33-24/h4-5,7-8,10-12,14,21H,6,9,13H2,1H3,(H,28,36)(H,31,37)(H,32,33,34,35)/t21-/m1/s1. The number of rotatable bonds is 6. The SMILES string of the molecule is CC#Cc1cc(CNC(=O)c2cc(C(=O)N[C@@H]3CCc4cc(-c5nn[nH]n5)ccc43)ncn2)ccc1F. The van der Waals surface area contributed by atoms with Crippen molar-refractivity contribution in [2.45, 2.75) is 32.4 Å². The van der Waals surface area contributed by atoms with Crippen LogP contribution in [-0.4, -0.2) is 42.4 Å². The number of fused-ring (bicyclic) bond motifs is 1. The first-order valence-electron chi connectivity index (χ1n) is 11.5. The highest BCUT2D eigenvalue weighted by Gasteiger charge is 2.26. The van der Waals surface area contributed by atoms with Gasteiger partial charge in [0, 0.05) is 18.2 Å². The molecule has 1 aliphatic rings. The molecule has 5 rings (SSSR count). The van der Waals surface area contributed by atoms with E-state index >= 15 is 0 Å². The molecule has 184 valence electrons. The number of H-pyrrole nitrogens is 1. The molecule has 0 aliphatic heterocycles. The Morgan fingerprint density at radius 2 is 1.95 bits per heavy atom. The van der Waals surface area contributed by atoms with E-state index < -0.39 is 17.6 Å². The first-order chi connectivity index (χ1) is 18.0. The molecule has 1 aliphatic carbocycles. The van der Waals surface area contributed by atoms with E-state index in [9.17, 15) is 14.0 Å². The van der Waals surface area contributed by atoms with Crippen LogP contribution in [0.4, 0.5) is 4.39 Å². The molecule has 37 heavy (non-hydrogen) atoms. The van der Waals surface area contributed by atoms with E-state index in [1.807, 2.05) is 18.2 Å². The van der Waals surface area contributed by atoms with Gasteiger partial charge in [-0.15, -0.1) is 16.1 Å². The molecular formula is C26H21FN8O2. The van der Waals surface area contributed by atoms with Gasteiger partial charge in [0.25, 0.3) is 11.8 Å². The van der Waals surface area contributed by atoms with E-state index in [1.165, 1.54) is 18.5 Å². The van der Waals surface area contributed by atoms with Crippen molar-refractivity contribution in [3.63, 3.8) is 0 Å². The Bertz CT molecular complexity index is 1540. The highest BCUT2D eigenvalue weighted by molar-refractivity contribution is 5.97. The number of carbonyl (C=O) groups is 2. The Morgan fingerprint density at radius 1 is 1.11 bits per heavy atom. The van der Waals surface area contributed by atoms with Gasteiger partial charge in [0.1, 0.15) is 23.5 Å². The number of carbonyl (C=O) groups excluding carboxylic acids is 2. The van der Waals surface area contributed by atoms with E-state index in [0.717, 1.165) is 29.5 Å². The number of aryl methyl sites for hydroxylation is 1. The first-order valence-corrected chi connectivity index (χ1v) is 11.5. The number of hydrogen-bond acceptors (Lipinski definition) is 7. The van der Waals surface area contributed by atoms with Gasteiger partial charge in [-0.3, -0.25) is 9.59 Å². The van der Waals surface area contributed by atoms with Gasteiger partial charge in [0.15, 0.2) is 0 Å². The summed E-state index contributed by atoms with van der Waals surface area (Å²) in [4.78, 5) is 33.6. The van der Waals surface area contributed by atoms with Crippen LogP contribution in [0, 0.1) is 17.7 Å². The van der Waals surface area contributed by atoms with Crippen LogP contribution in [0.1, 0.15) is 62.6 Å². The van der Waals surface area contributed by atoms with Crippen molar-refractivity contribution in [3.05, 3.63) is 88.3 Å². The van der Waals surface area contributed by atoms with Crippen LogP contribution in [0.15, 0.2) is 48.8 Å². The minimum atomic E-state index is -0.482. The topological polar surface area (TPSA) is 138 Å². The maximum atomic E-state index is 13.8. The molecule has 4 aromatic rings. The minimum absolute atomic E-state index is 0.0485. The quantitative estimate of drug-likeness (QED) is 0.349. The summed E-state index contributed by atoms with van der Waals surface area (Å²) in [7, 11) is 0.